The number of hydrogen-bond donors (Lipinski definition) is 1. The van der Waals surface area contributed by atoms with Gasteiger partial charge in [-0.2, -0.15) is 0 Å². The van der Waals surface area contributed by atoms with E-state index in [-0.39, 0.29) is 10.7 Å². The van der Waals surface area contributed by atoms with Crippen LogP contribution in [0.2, 0.25) is 0 Å². The quantitative estimate of drug-likeness (QED) is 0.778. The fourth-order valence-electron chi connectivity index (χ4n) is 2.71. The zero-order valence-electron chi connectivity index (χ0n) is 14.6. The van der Waals surface area contributed by atoms with Gasteiger partial charge in [-0.15, -0.1) is 0 Å². The van der Waals surface area contributed by atoms with Crippen LogP contribution < -0.4 is 15.0 Å². The zero-order valence-corrected chi connectivity index (χ0v) is 15.3. The number of aryl methyl sites for hydroxylation is 1. The summed E-state index contributed by atoms with van der Waals surface area (Å²) < 4.78 is 5.54. The molecule has 6 heteroatoms. The molecule has 2 aromatic rings. The third kappa shape index (κ3) is 3.30. The lowest BCUT2D eigenvalue weighted by Gasteiger charge is -2.16. The molecule has 1 aliphatic heterocycles. The maximum Gasteiger partial charge on any atom is 0.283 e. The topological polar surface area (TPSA) is 58.6 Å². The molecule has 0 fully saturated rings. The first-order chi connectivity index (χ1) is 12.6. The van der Waals surface area contributed by atoms with E-state index in [9.17, 15) is 9.59 Å². The number of nitrogens with one attached hydrogen (secondary N) is 1. The molecule has 0 aliphatic carbocycles. The second kappa shape index (κ2) is 7.62. The van der Waals surface area contributed by atoms with E-state index in [1.165, 1.54) is 0 Å². The lowest BCUT2D eigenvalue weighted by molar-refractivity contribution is -0.120. The van der Waals surface area contributed by atoms with Crippen molar-refractivity contribution in [3.8, 4) is 5.75 Å². The van der Waals surface area contributed by atoms with Crippen molar-refractivity contribution >= 4 is 34.8 Å². The molecule has 0 saturated heterocycles. The summed E-state index contributed by atoms with van der Waals surface area (Å²) in [5.74, 6) is -0.453. The van der Waals surface area contributed by atoms with Crippen LogP contribution in [0.25, 0.3) is 0 Å². The highest BCUT2D eigenvalue weighted by Crippen LogP contribution is 2.32. The summed E-state index contributed by atoms with van der Waals surface area (Å²) in [5, 5.41) is 2.82. The van der Waals surface area contributed by atoms with Crippen LogP contribution in [0.3, 0.4) is 0 Å². The third-order valence-corrected chi connectivity index (χ3v) is 4.43. The minimum absolute atomic E-state index is 0.0448. The van der Waals surface area contributed by atoms with Crippen LogP contribution >= 0.6 is 11.6 Å². The number of halogens is 1. The van der Waals surface area contributed by atoms with Crippen LogP contribution in [-0.2, 0) is 16.0 Å². The van der Waals surface area contributed by atoms with Crippen molar-refractivity contribution in [3.63, 3.8) is 0 Å². The first kappa shape index (κ1) is 18.0. The smallest absolute Gasteiger partial charge is 0.283 e. The molecule has 134 valence electrons. The average Bonchev–Trinajstić information content (AvgIpc) is 2.87. The molecule has 0 atom stereocenters. The Labute approximate surface area is 157 Å². The Hall–Kier alpha value is -2.79. The van der Waals surface area contributed by atoms with E-state index < -0.39 is 11.8 Å². The van der Waals surface area contributed by atoms with Gasteiger partial charge >= 0.3 is 0 Å². The van der Waals surface area contributed by atoms with Crippen molar-refractivity contribution in [2.75, 3.05) is 16.8 Å². The van der Waals surface area contributed by atoms with Crippen LogP contribution in [0.15, 0.2) is 59.3 Å². The van der Waals surface area contributed by atoms with E-state index in [0.29, 0.717) is 23.7 Å². The number of ether oxygens (including phenoxy) is 1. The molecular weight excluding hydrogens is 352 g/mol. The largest absolute Gasteiger partial charge is 0.492 e. The molecule has 0 aromatic heterocycles. The summed E-state index contributed by atoms with van der Waals surface area (Å²) in [6.07, 6.45) is 0.877. The number of para-hydroxylation sites is 2. The number of amides is 2. The van der Waals surface area contributed by atoms with Gasteiger partial charge in [0.1, 0.15) is 16.5 Å². The molecule has 0 spiro atoms. The molecule has 2 amide bonds. The highest BCUT2D eigenvalue weighted by atomic mass is 35.5. The molecule has 5 nitrogen and oxygen atoms in total. The first-order valence-electron chi connectivity index (χ1n) is 8.43. The Bertz CT molecular complexity index is 875. The number of anilines is 2. The molecule has 2 aromatic carbocycles. The second-order valence-corrected chi connectivity index (χ2v) is 6.09. The van der Waals surface area contributed by atoms with Gasteiger partial charge in [0.2, 0.25) is 0 Å². The lowest BCUT2D eigenvalue weighted by Crippen LogP contribution is -2.32. The highest BCUT2D eigenvalue weighted by Gasteiger charge is 2.39. The van der Waals surface area contributed by atoms with Crippen molar-refractivity contribution in [1.82, 2.24) is 0 Å². The van der Waals surface area contributed by atoms with Crippen LogP contribution in [0, 0.1) is 0 Å². The van der Waals surface area contributed by atoms with Gasteiger partial charge in [-0.1, -0.05) is 42.8 Å². The SMILES string of the molecule is CCOc1ccccc1NC1=C(Cl)C(=O)N(c2ccc(CC)cc2)C1=O. The summed E-state index contributed by atoms with van der Waals surface area (Å²) in [4.78, 5) is 26.4. The fourth-order valence-corrected chi connectivity index (χ4v) is 2.93. The summed E-state index contributed by atoms with van der Waals surface area (Å²) in [7, 11) is 0. The van der Waals surface area contributed by atoms with Gasteiger partial charge < -0.3 is 10.1 Å². The van der Waals surface area contributed by atoms with Gasteiger partial charge in [0.25, 0.3) is 11.8 Å². The van der Waals surface area contributed by atoms with E-state index in [0.717, 1.165) is 16.9 Å². The maximum absolute atomic E-state index is 12.8. The van der Waals surface area contributed by atoms with Crippen LogP contribution in [0.5, 0.6) is 5.75 Å². The number of rotatable bonds is 6. The van der Waals surface area contributed by atoms with Crippen molar-refractivity contribution in [1.29, 1.82) is 0 Å². The predicted molar refractivity (Wildman–Crippen MR) is 102 cm³/mol. The monoisotopic (exact) mass is 370 g/mol. The normalized spacial score (nSPS) is 14.2. The van der Waals surface area contributed by atoms with Crippen LogP contribution in [0.1, 0.15) is 19.4 Å². The molecule has 3 rings (SSSR count). The Morgan fingerprint density at radius 3 is 2.35 bits per heavy atom. The molecule has 1 N–H and O–H groups in total. The molecule has 0 bridgehead atoms. The Morgan fingerprint density at radius 1 is 1.00 bits per heavy atom. The maximum atomic E-state index is 12.8. The molecule has 26 heavy (non-hydrogen) atoms. The number of imide groups is 1. The Kier molecular flexibility index (Phi) is 5.28. The first-order valence-corrected chi connectivity index (χ1v) is 8.81. The van der Waals surface area contributed by atoms with Gasteiger partial charge in [-0.05, 0) is 43.2 Å². The van der Waals surface area contributed by atoms with E-state index in [2.05, 4.69) is 5.32 Å². The standard InChI is InChI=1S/C20H19ClN2O3/c1-3-13-9-11-14(12-10-13)23-19(24)17(21)18(20(23)25)22-15-7-5-6-8-16(15)26-4-2/h5-12,22H,3-4H2,1-2H3. The molecule has 0 radical (unpaired) electrons. The van der Waals surface area contributed by atoms with Gasteiger partial charge in [0.15, 0.2) is 0 Å². The minimum Gasteiger partial charge on any atom is -0.492 e. The number of carbonyl (C=O) groups is 2. The highest BCUT2D eigenvalue weighted by molar-refractivity contribution is 6.53. The Balaban J connectivity index is 1.89. The minimum atomic E-state index is -0.544. The van der Waals surface area contributed by atoms with Gasteiger partial charge in [0.05, 0.1) is 18.0 Å². The average molecular weight is 371 g/mol. The van der Waals surface area contributed by atoms with E-state index in [4.69, 9.17) is 16.3 Å². The molecule has 1 aliphatic rings. The molecule has 0 saturated carbocycles. The van der Waals surface area contributed by atoms with Crippen molar-refractivity contribution in [2.45, 2.75) is 20.3 Å². The summed E-state index contributed by atoms with van der Waals surface area (Å²) in [6.45, 7) is 4.39. The van der Waals surface area contributed by atoms with Crippen molar-refractivity contribution < 1.29 is 14.3 Å². The van der Waals surface area contributed by atoms with Gasteiger partial charge in [0, 0.05) is 0 Å². The van der Waals surface area contributed by atoms with E-state index >= 15 is 0 Å². The number of benzene rings is 2. The van der Waals surface area contributed by atoms with Crippen molar-refractivity contribution in [2.24, 2.45) is 0 Å². The lowest BCUT2D eigenvalue weighted by atomic mass is 10.1. The number of hydrogen-bond acceptors (Lipinski definition) is 4. The second-order valence-electron chi connectivity index (χ2n) is 5.71. The molecule has 0 unspecified atom stereocenters. The van der Waals surface area contributed by atoms with Crippen LogP contribution in [-0.4, -0.2) is 18.4 Å². The van der Waals surface area contributed by atoms with Crippen molar-refractivity contribution in [3.05, 3.63) is 64.8 Å². The third-order valence-electron chi connectivity index (χ3n) is 4.08. The number of carbonyl (C=O) groups excluding carboxylic acids is 2. The summed E-state index contributed by atoms with van der Waals surface area (Å²) in [5.41, 5.74) is 2.23. The zero-order chi connectivity index (χ0) is 18.7. The predicted octanol–water partition coefficient (Wildman–Crippen LogP) is 4.08. The van der Waals surface area contributed by atoms with E-state index in [1.807, 2.05) is 38.1 Å². The number of nitrogens with zero attached hydrogens (tertiary/aromatic N) is 1. The van der Waals surface area contributed by atoms with Gasteiger partial charge in [-0.25, -0.2) is 4.90 Å². The van der Waals surface area contributed by atoms with Crippen LogP contribution in [0.4, 0.5) is 11.4 Å². The molecule has 1 heterocycles. The Morgan fingerprint density at radius 2 is 1.69 bits per heavy atom. The fraction of sp³-hybridized carbons (Fsp3) is 0.200. The van der Waals surface area contributed by atoms with Gasteiger partial charge in [-0.3, -0.25) is 9.59 Å². The van der Waals surface area contributed by atoms with E-state index in [1.54, 1.807) is 24.3 Å². The summed E-state index contributed by atoms with van der Waals surface area (Å²) >= 11 is 6.17. The molecular formula is C20H19ClN2O3. The summed E-state index contributed by atoms with van der Waals surface area (Å²) in [6, 6.07) is 14.4.